The van der Waals surface area contributed by atoms with Crippen LogP contribution in [0.2, 0.25) is 0 Å². The summed E-state index contributed by atoms with van der Waals surface area (Å²) in [5.41, 5.74) is 0.931. The molecule has 0 aromatic heterocycles. The lowest BCUT2D eigenvalue weighted by atomic mass is 10.1. The minimum Gasteiger partial charge on any atom is -0.444 e. The third-order valence-electron chi connectivity index (χ3n) is 5.98. The van der Waals surface area contributed by atoms with E-state index in [1.54, 1.807) is 44.7 Å². The standard InChI is InChI=1S/C26H30FN3O5S2/c1-16-10-11-18(13-19(16)27)30-21-14-37(33,34)15-22(21)36-24(30)29-23(31)20(12-17-8-6-5-7-9-17)28-25(32)35-26(2,3)4/h5-11,13,20-22H,12,14-15H2,1-4H3,(H,28,32)/t20-,21-,22-/m1/s1. The molecule has 0 saturated carbocycles. The Labute approximate surface area is 220 Å². The third-order valence-corrected chi connectivity index (χ3v) is 9.19. The zero-order chi connectivity index (χ0) is 27.0. The Morgan fingerprint density at radius 1 is 1.19 bits per heavy atom. The van der Waals surface area contributed by atoms with Gasteiger partial charge in [-0.3, -0.25) is 4.79 Å². The number of fused-ring (bicyclic) bond motifs is 1. The number of anilines is 1. The number of halogens is 1. The minimum atomic E-state index is -3.28. The number of carbonyl (C=O) groups is 2. The molecule has 2 fully saturated rings. The number of sulfone groups is 1. The van der Waals surface area contributed by atoms with Gasteiger partial charge in [0, 0.05) is 17.4 Å². The molecule has 2 saturated heterocycles. The third kappa shape index (κ3) is 6.70. The molecule has 2 amide bonds. The average Bonchev–Trinajstić information content (AvgIpc) is 3.25. The number of aryl methyl sites for hydroxylation is 1. The summed E-state index contributed by atoms with van der Waals surface area (Å²) in [6.45, 7) is 6.81. The largest absolute Gasteiger partial charge is 0.444 e. The van der Waals surface area contributed by atoms with Crippen molar-refractivity contribution in [2.24, 2.45) is 4.99 Å². The van der Waals surface area contributed by atoms with Gasteiger partial charge in [0.2, 0.25) is 0 Å². The van der Waals surface area contributed by atoms with E-state index in [2.05, 4.69) is 10.3 Å². The Kier molecular flexibility index (Phi) is 7.66. The summed E-state index contributed by atoms with van der Waals surface area (Å²) in [5.74, 6) is -1.22. The minimum absolute atomic E-state index is 0.0516. The second kappa shape index (κ2) is 10.4. The molecule has 0 unspecified atom stereocenters. The summed E-state index contributed by atoms with van der Waals surface area (Å²) in [7, 11) is -3.28. The van der Waals surface area contributed by atoms with Gasteiger partial charge in [-0.25, -0.2) is 17.6 Å². The lowest BCUT2D eigenvalue weighted by molar-refractivity contribution is -0.119. The zero-order valence-corrected chi connectivity index (χ0v) is 22.7. The fraction of sp³-hybridized carbons (Fsp3) is 0.423. The van der Waals surface area contributed by atoms with Crippen LogP contribution in [-0.4, -0.2) is 60.0 Å². The molecule has 0 radical (unpaired) electrons. The SMILES string of the molecule is Cc1ccc(N2C(=NC(=O)[C@@H](Cc3ccccc3)NC(=O)OC(C)(C)C)S[C@@H]3CS(=O)(=O)C[C@H]32)cc1F. The number of amides is 2. The van der Waals surface area contributed by atoms with Crippen LogP contribution in [0.25, 0.3) is 0 Å². The molecule has 2 heterocycles. The molecule has 11 heteroatoms. The van der Waals surface area contributed by atoms with Gasteiger partial charge in [0.15, 0.2) is 15.0 Å². The van der Waals surface area contributed by atoms with Crippen molar-refractivity contribution >= 4 is 44.5 Å². The molecular weight excluding hydrogens is 517 g/mol. The molecule has 0 spiro atoms. The molecule has 8 nitrogen and oxygen atoms in total. The van der Waals surface area contributed by atoms with Gasteiger partial charge in [0.25, 0.3) is 5.91 Å². The summed E-state index contributed by atoms with van der Waals surface area (Å²) in [4.78, 5) is 32.0. The molecule has 0 bridgehead atoms. The second-order valence-electron chi connectivity index (χ2n) is 10.2. The number of carbonyl (C=O) groups excluding carboxylic acids is 2. The predicted molar refractivity (Wildman–Crippen MR) is 143 cm³/mol. The van der Waals surface area contributed by atoms with Gasteiger partial charge in [-0.2, -0.15) is 4.99 Å². The van der Waals surface area contributed by atoms with E-state index in [0.29, 0.717) is 11.3 Å². The average molecular weight is 548 g/mol. The Hall–Kier alpha value is -2.92. The zero-order valence-electron chi connectivity index (χ0n) is 21.1. The van der Waals surface area contributed by atoms with Crippen molar-refractivity contribution in [1.82, 2.24) is 5.32 Å². The van der Waals surface area contributed by atoms with Crippen LogP contribution in [0.1, 0.15) is 31.9 Å². The molecule has 3 atom stereocenters. The van der Waals surface area contributed by atoms with Gasteiger partial charge in [-0.15, -0.1) is 0 Å². The summed E-state index contributed by atoms with van der Waals surface area (Å²) in [5, 5.41) is 2.57. The molecule has 2 aliphatic rings. The molecule has 37 heavy (non-hydrogen) atoms. The number of nitrogens with one attached hydrogen (secondary N) is 1. The lowest BCUT2D eigenvalue weighted by Crippen LogP contribution is -2.45. The lowest BCUT2D eigenvalue weighted by Gasteiger charge is -2.25. The Bertz CT molecular complexity index is 1330. The summed E-state index contributed by atoms with van der Waals surface area (Å²) >= 11 is 1.19. The molecule has 4 rings (SSSR count). The van der Waals surface area contributed by atoms with Crippen molar-refractivity contribution in [2.45, 2.75) is 57.1 Å². The number of aliphatic imine (C=N–C) groups is 1. The van der Waals surface area contributed by atoms with Crippen LogP contribution in [0.5, 0.6) is 0 Å². The van der Waals surface area contributed by atoms with Crippen LogP contribution in [-0.2, 0) is 25.8 Å². The van der Waals surface area contributed by atoms with Crippen molar-refractivity contribution in [2.75, 3.05) is 16.4 Å². The fourth-order valence-corrected chi connectivity index (χ4v) is 8.19. The Morgan fingerprint density at radius 3 is 2.54 bits per heavy atom. The van der Waals surface area contributed by atoms with E-state index in [9.17, 15) is 22.4 Å². The van der Waals surface area contributed by atoms with Gasteiger partial charge in [-0.05, 0) is 51.0 Å². The van der Waals surface area contributed by atoms with Gasteiger partial charge >= 0.3 is 6.09 Å². The van der Waals surface area contributed by atoms with Crippen molar-refractivity contribution in [3.63, 3.8) is 0 Å². The predicted octanol–water partition coefficient (Wildman–Crippen LogP) is 3.87. The van der Waals surface area contributed by atoms with Crippen LogP contribution in [0.4, 0.5) is 14.9 Å². The second-order valence-corrected chi connectivity index (χ2v) is 13.6. The Morgan fingerprint density at radius 2 is 1.89 bits per heavy atom. The van der Waals surface area contributed by atoms with E-state index < -0.39 is 45.3 Å². The van der Waals surface area contributed by atoms with Crippen LogP contribution >= 0.6 is 11.8 Å². The number of rotatable bonds is 5. The first-order valence-corrected chi connectivity index (χ1v) is 14.6. The summed E-state index contributed by atoms with van der Waals surface area (Å²) in [6, 6.07) is 12.3. The highest BCUT2D eigenvalue weighted by atomic mass is 32.2. The molecule has 2 aromatic rings. The van der Waals surface area contributed by atoms with Crippen molar-refractivity contribution in [1.29, 1.82) is 0 Å². The molecule has 2 aliphatic heterocycles. The first-order chi connectivity index (χ1) is 17.3. The number of amidine groups is 1. The topological polar surface area (TPSA) is 105 Å². The number of alkyl carbamates (subject to hydrolysis) is 1. The van der Waals surface area contributed by atoms with Gasteiger partial charge in [-0.1, -0.05) is 48.2 Å². The number of hydrogen-bond donors (Lipinski definition) is 1. The van der Waals surface area contributed by atoms with E-state index in [1.165, 1.54) is 17.8 Å². The van der Waals surface area contributed by atoms with Crippen LogP contribution in [0.3, 0.4) is 0 Å². The summed E-state index contributed by atoms with van der Waals surface area (Å²) in [6.07, 6.45) is -0.567. The maximum absolute atomic E-state index is 14.4. The van der Waals surface area contributed by atoms with Gasteiger partial charge in [0.1, 0.15) is 17.5 Å². The number of nitrogens with zero attached hydrogens (tertiary/aromatic N) is 2. The number of benzene rings is 2. The summed E-state index contributed by atoms with van der Waals surface area (Å²) < 4.78 is 44.5. The highest BCUT2D eigenvalue weighted by Gasteiger charge is 2.49. The smallest absolute Gasteiger partial charge is 0.408 e. The Balaban J connectivity index is 1.66. The van der Waals surface area contributed by atoms with Crippen molar-refractivity contribution in [3.05, 3.63) is 65.5 Å². The normalized spacial score (nSPS) is 22.5. The first kappa shape index (κ1) is 27.1. The molecule has 198 valence electrons. The quantitative estimate of drug-likeness (QED) is 0.606. The van der Waals surface area contributed by atoms with Crippen LogP contribution in [0.15, 0.2) is 53.5 Å². The number of thioether (sulfide) groups is 1. The van der Waals surface area contributed by atoms with E-state index in [-0.39, 0.29) is 28.3 Å². The van der Waals surface area contributed by atoms with Gasteiger partial charge in [0.05, 0.1) is 17.5 Å². The highest BCUT2D eigenvalue weighted by molar-refractivity contribution is 8.16. The molecule has 2 aromatic carbocycles. The maximum atomic E-state index is 14.4. The van der Waals surface area contributed by atoms with Gasteiger partial charge < -0.3 is 15.0 Å². The molecule has 1 N–H and O–H groups in total. The van der Waals surface area contributed by atoms with E-state index in [1.807, 2.05) is 30.3 Å². The highest BCUT2D eigenvalue weighted by Crippen LogP contribution is 2.41. The van der Waals surface area contributed by atoms with Crippen molar-refractivity contribution < 1.29 is 27.1 Å². The van der Waals surface area contributed by atoms with E-state index in [0.717, 1.165) is 5.56 Å². The van der Waals surface area contributed by atoms with Crippen LogP contribution < -0.4 is 10.2 Å². The molecule has 0 aliphatic carbocycles. The number of hydrogen-bond acceptors (Lipinski definition) is 6. The maximum Gasteiger partial charge on any atom is 0.408 e. The molecular formula is C26H30FN3O5S2. The van der Waals surface area contributed by atoms with E-state index >= 15 is 0 Å². The first-order valence-electron chi connectivity index (χ1n) is 11.9. The fourth-order valence-electron chi connectivity index (χ4n) is 4.27. The van der Waals surface area contributed by atoms with E-state index in [4.69, 9.17) is 4.74 Å². The number of ether oxygens (including phenoxy) is 1. The van der Waals surface area contributed by atoms with Crippen LogP contribution in [0, 0.1) is 12.7 Å². The monoisotopic (exact) mass is 547 g/mol. The van der Waals surface area contributed by atoms with Crippen molar-refractivity contribution in [3.8, 4) is 0 Å².